The molecule has 0 radical (unpaired) electrons. The van der Waals surface area contributed by atoms with Gasteiger partial charge in [-0.25, -0.2) is 4.79 Å². The SMILES string of the molecule is CCCn1c(=O)n(CCC(=O)Nc2ccccc2C(=O)N2CCCCC2)c2ccccc21. The molecule has 1 aromatic heterocycles. The summed E-state index contributed by atoms with van der Waals surface area (Å²) in [6, 6.07) is 14.8. The van der Waals surface area contributed by atoms with Gasteiger partial charge in [-0.2, -0.15) is 0 Å². The molecule has 7 nitrogen and oxygen atoms in total. The molecular formula is C25H30N4O3. The highest BCUT2D eigenvalue weighted by Gasteiger charge is 2.21. The maximum Gasteiger partial charge on any atom is 0.329 e. The van der Waals surface area contributed by atoms with E-state index >= 15 is 0 Å². The molecule has 2 aromatic carbocycles. The minimum Gasteiger partial charge on any atom is -0.339 e. The Morgan fingerprint density at radius 3 is 2.19 bits per heavy atom. The van der Waals surface area contributed by atoms with Crippen molar-refractivity contribution in [3.63, 3.8) is 0 Å². The maximum atomic E-state index is 13.0. The molecule has 0 aliphatic carbocycles. The van der Waals surface area contributed by atoms with E-state index in [1.165, 1.54) is 0 Å². The number of para-hydroxylation sites is 3. The number of amides is 2. The smallest absolute Gasteiger partial charge is 0.329 e. The molecule has 0 bridgehead atoms. The van der Waals surface area contributed by atoms with Crippen LogP contribution in [0.3, 0.4) is 0 Å². The molecule has 1 N–H and O–H groups in total. The number of aromatic nitrogens is 2. The van der Waals surface area contributed by atoms with Crippen LogP contribution in [-0.4, -0.2) is 38.9 Å². The Morgan fingerprint density at radius 2 is 1.50 bits per heavy atom. The van der Waals surface area contributed by atoms with E-state index in [4.69, 9.17) is 0 Å². The van der Waals surface area contributed by atoms with Crippen molar-refractivity contribution < 1.29 is 9.59 Å². The molecule has 1 aliphatic rings. The van der Waals surface area contributed by atoms with E-state index in [2.05, 4.69) is 5.32 Å². The van der Waals surface area contributed by atoms with Gasteiger partial charge in [-0.1, -0.05) is 31.2 Å². The number of carbonyl (C=O) groups is 2. The molecule has 4 rings (SSSR count). The predicted octanol–water partition coefficient (Wildman–Crippen LogP) is 3.87. The summed E-state index contributed by atoms with van der Waals surface area (Å²) >= 11 is 0. The fraction of sp³-hybridized carbons (Fsp3) is 0.400. The van der Waals surface area contributed by atoms with Gasteiger partial charge in [-0.15, -0.1) is 0 Å². The summed E-state index contributed by atoms with van der Waals surface area (Å²) in [6.07, 6.45) is 4.18. The number of piperidine rings is 1. The first-order valence-electron chi connectivity index (χ1n) is 11.5. The van der Waals surface area contributed by atoms with Crippen LogP contribution in [-0.2, 0) is 17.9 Å². The molecule has 1 saturated heterocycles. The number of benzene rings is 2. The normalized spacial score (nSPS) is 14.0. The number of imidazole rings is 1. The van der Waals surface area contributed by atoms with Gasteiger partial charge in [0.1, 0.15) is 0 Å². The van der Waals surface area contributed by atoms with Crippen molar-refractivity contribution in [1.29, 1.82) is 0 Å². The number of carbonyl (C=O) groups excluding carboxylic acids is 2. The first-order valence-corrected chi connectivity index (χ1v) is 11.5. The molecular weight excluding hydrogens is 404 g/mol. The van der Waals surface area contributed by atoms with Crippen LogP contribution in [0.15, 0.2) is 53.3 Å². The van der Waals surface area contributed by atoms with E-state index in [1.807, 2.05) is 48.2 Å². The van der Waals surface area contributed by atoms with Crippen LogP contribution in [0.25, 0.3) is 11.0 Å². The Balaban J connectivity index is 1.48. The van der Waals surface area contributed by atoms with Crippen LogP contribution in [0.2, 0.25) is 0 Å². The second kappa shape index (κ2) is 9.85. The van der Waals surface area contributed by atoms with Crippen molar-refractivity contribution in [1.82, 2.24) is 14.0 Å². The Kier molecular flexibility index (Phi) is 6.73. The zero-order chi connectivity index (χ0) is 22.5. The lowest BCUT2D eigenvalue weighted by Crippen LogP contribution is -2.36. The van der Waals surface area contributed by atoms with Crippen LogP contribution in [0, 0.1) is 0 Å². The topological polar surface area (TPSA) is 76.3 Å². The summed E-state index contributed by atoms with van der Waals surface area (Å²) in [5, 5.41) is 2.89. The third-order valence-corrected chi connectivity index (χ3v) is 6.01. The standard InChI is InChI=1S/C25H30N4O3/c1-2-15-28-21-12-6-7-13-22(21)29(25(28)32)18-14-23(30)26-20-11-5-4-10-19(20)24(31)27-16-8-3-9-17-27/h4-7,10-13H,2-3,8-9,14-18H2,1H3,(H,26,30). The number of fused-ring (bicyclic) bond motifs is 1. The first kappa shape index (κ1) is 21.9. The Hall–Kier alpha value is -3.35. The number of nitrogens with one attached hydrogen (secondary N) is 1. The molecule has 0 saturated carbocycles. The minimum atomic E-state index is -0.219. The fourth-order valence-corrected chi connectivity index (χ4v) is 4.40. The van der Waals surface area contributed by atoms with Gasteiger partial charge < -0.3 is 10.2 Å². The Morgan fingerprint density at radius 1 is 0.875 bits per heavy atom. The van der Waals surface area contributed by atoms with Crippen LogP contribution in [0.1, 0.15) is 49.4 Å². The molecule has 32 heavy (non-hydrogen) atoms. The zero-order valence-corrected chi connectivity index (χ0v) is 18.5. The van der Waals surface area contributed by atoms with Crippen LogP contribution in [0.5, 0.6) is 0 Å². The van der Waals surface area contributed by atoms with Crippen molar-refractivity contribution in [2.75, 3.05) is 18.4 Å². The average molecular weight is 435 g/mol. The minimum absolute atomic E-state index is 0.0422. The Bertz CT molecular complexity index is 1170. The summed E-state index contributed by atoms with van der Waals surface area (Å²) < 4.78 is 3.43. The van der Waals surface area contributed by atoms with Gasteiger partial charge in [0.15, 0.2) is 0 Å². The highest BCUT2D eigenvalue weighted by molar-refractivity contribution is 6.03. The third kappa shape index (κ3) is 4.47. The lowest BCUT2D eigenvalue weighted by molar-refractivity contribution is -0.116. The van der Waals surface area contributed by atoms with Crippen molar-refractivity contribution in [2.24, 2.45) is 0 Å². The van der Waals surface area contributed by atoms with Crippen LogP contribution in [0.4, 0.5) is 5.69 Å². The monoisotopic (exact) mass is 434 g/mol. The van der Waals surface area contributed by atoms with E-state index < -0.39 is 0 Å². The van der Waals surface area contributed by atoms with Gasteiger partial charge >= 0.3 is 5.69 Å². The number of anilines is 1. The predicted molar refractivity (Wildman–Crippen MR) is 126 cm³/mol. The second-order valence-electron chi connectivity index (χ2n) is 8.27. The Labute approximate surface area is 187 Å². The highest BCUT2D eigenvalue weighted by Crippen LogP contribution is 2.20. The van der Waals surface area contributed by atoms with Gasteiger partial charge in [0, 0.05) is 32.6 Å². The molecule has 2 heterocycles. The molecule has 1 aliphatic heterocycles. The number of nitrogens with zero attached hydrogens (tertiary/aromatic N) is 3. The van der Waals surface area contributed by atoms with Gasteiger partial charge in [-0.05, 0) is 49.9 Å². The first-order chi connectivity index (χ1) is 15.6. The molecule has 0 spiro atoms. The summed E-state index contributed by atoms with van der Waals surface area (Å²) in [5.74, 6) is -0.262. The lowest BCUT2D eigenvalue weighted by Gasteiger charge is -2.27. The summed E-state index contributed by atoms with van der Waals surface area (Å²) in [6.45, 7) is 4.47. The largest absolute Gasteiger partial charge is 0.339 e. The molecule has 2 amide bonds. The average Bonchev–Trinajstić information content (AvgIpc) is 3.09. The van der Waals surface area contributed by atoms with Gasteiger partial charge in [0.05, 0.1) is 22.3 Å². The number of rotatable bonds is 7. The fourth-order valence-electron chi connectivity index (χ4n) is 4.40. The van der Waals surface area contributed by atoms with Crippen molar-refractivity contribution in [3.05, 3.63) is 64.6 Å². The molecule has 3 aromatic rings. The van der Waals surface area contributed by atoms with E-state index in [0.717, 1.165) is 49.8 Å². The van der Waals surface area contributed by atoms with Crippen LogP contribution >= 0.6 is 0 Å². The van der Waals surface area contributed by atoms with E-state index in [-0.39, 0.29) is 30.5 Å². The highest BCUT2D eigenvalue weighted by atomic mass is 16.2. The molecule has 168 valence electrons. The van der Waals surface area contributed by atoms with E-state index in [9.17, 15) is 14.4 Å². The third-order valence-electron chi connectivity index (χ3n) is 6.01. The summed E-state index contributed by atoms with van der Waals surface area (Å²) in [7, 11) is 0. The second-order valence-corrected chi connectivity index (χ2v) is 8.27. The van der Waals surface area contributed by atoms with Gasteiger partial charge in [0.25, 0.3) is 5.91 Å². The van der Waals surface area contributed by atoms with Crippen LogP contribution < -0.4 is 11.0 Å². The molecule has 0 unspecified atom stereocenters. The lowest BCUT2D eigenvalue weighted by atomic mass is 10.1. The molecule has 7 heteroatoms. The van der Waals surface area contributed by atoms with E-state index in [0.29, 0.717) is 17.8 Å². The van der Waals surface area contributed by atoms with Gasteiger partial charge in [0.2, 0.25) is 5.91 Å². The number of hydrogen-bond acceptors (Lipinski definition) is 3. The number of aryl methyl sites for hydroxylation is 2. The molecule has 0 atom stereocenters. The maximum absolute atomic E-state index is 13.0. The van der Waals surface area contributed by atoms with Crippen molar-refractivity contribution >= 4 is 28.5 Å². The summed E-state index contributed by atoms with van der Waals surface area (Å²) in [5.41, 5.74) is 2.66. The van der Waals surface area contributed by atoms with Crippen molar-refractivity contribution in [3.8, 4) is 0 Å². The van der Waals surface area contributed by atoms with Gasteiger partial charge in [-0.3, -0.25) is 18.7 Å². The molecule has 1 fully saturated rings. The quantitative estimate of drug-likeness (QED) is 0.613. The van der Waals surface area contributed by atoms with Crippen molar-refractivity contribution in [2.45, 2.75) is 52.1 Å². The number of hydrogen-bond donors (Lipinski definition) is 1. The summed E-state index contributed by atoms with van der Waals surface area (Å²) in [4.78, 5) is 40.5. The van der Waals surface area contributed by atoms with E-state index in [1.54, 1.807) is 21.3 Å². The zero-order valence-electron chi connectivity index (χ0n) is 18.5. The number of likely N-dealkylation sites (tertiary alicyclic amines) is 1.